The van der Waals surface area contributed by atoms with Crippen LogP contribution in [-0.4, -0.2) is 60.2 Å². The SMILES string of the molecule is CC1COCC(C)N1S(=O)(=O)Nc1ccc(CC(C)(C)NCC(O)c2cccnc2)cc1. The molecule has 0 radical (unpaired) electrons. The lowest BCUT2D eigenvalue weighted by molar-refractivity contribution is 0.00669. The summed E-state index contributed by atoms with van der Waals surface area (Å²) in [6.45, 7) is 9.02. The number of hydrogen-bond acceptors (Lipinski definition) is 6. The Labute approximate surface area is 191 Å². The van der Waals surface area contributed by atoms with Crippen LogP contribution < -0.4 is 10.0 Å². The van der Waals surface area contributed by atoms with Crippen molar-refractivity contribution < 1.29 is 18.3 Å². The molecule has 2 heterocycles. The topological polar surface area (TPSA) is 104 Å². The van der Waals surface area contributed by atoms with Crippen LogP contribution in [0.25, 0.3) is 0 Å². The van der Waals surface area contributed by atoms with E-state index in [4.69, 9.17) is 4.74 Å². The molecule has 0 spiro atoms. The van der Waals surface area contributed by atoms with Gasteiger partial charge in [0, 0.05) is 47.8 Å². The molecule has 176 valence electrons. The zero-order valence-electron chi connectivity index (χ0n) is 19.2. The standard InChI is InChI=1S/C23H34N4O4S/c1-17-15-31-16-18(2)27(17)32(29,30)26-21-9-7-19(8-10-21)12-23(3,4)25-14-22(28)20-6-5-11-24-13-20/h5-11,13,17-18,22,25-26,28H,12,14-16H2,1-4H3. The molecular formula is C23H34N4O4S. The molecule has 1 aromatic carbocycles. The van der Waals surface area contributed by atoms with Crippen LogP contribution >= 0.6 is 0 Å². The van der Waals surface area contributed by atoms with Crippen molar-refractivity contribution >= 4 is 15.9 Å². The van der Waals surface area contributed by atoms with Gasteiger partial charge in [-0.2, -0.15) is 12.7 Å². The molecule has 8 nitrogen and oxygen atoms in total. The third-order valence-corrected chi connectivity index (χ3v) is 7.32. The van der Waals surface area contributed by atoms with Crippen LogP contribution in [0.1, 0.15) is 44.9 Å². The van der Waals surface area contributed by atoms with E-state index in [0.29, 0.717) is 25.4 Å². The number of morpholine rings is 1. The largest absolute Gasteiger partial charge is 0.387 e. The fourth-order valence-corrected chi connectivity index (χ4v) is 5.60. The number of nitrogens with zero attached hydrogens (tertiary/aromatic N) is 2. The Morgan fingerprint density at radius 1 is 1.19 bits per heavy atom. The van der Waals surface area contributed by atoms with Crippen molar-refractivity contribution in [2.24, 2.45) is 0 Å². The Morgan fingerprint density at radius 2 is 1.84 bits per heavy atom. The highest BCUT2D eigenvalue weighted by atomic mass is 32.2. The molecule has 0 amide bonds. The number of aliphatic hydroxyl groups is 1. The minimum absolute atomic E-state index is 0.218. The minimum atomic E-state index is -3.67. The molecule has 0 bridgehead atoms. The average Bonchev–Trinajstić information content (AvgIpc) is 2.73. The van der Waals surface area contributed by atoms with Gasteiger partial charge in [0.25, 0.3) is 0 Å². The summed E-state index contributed by atoms with van der Waals surface area (Å²) in [6.07, 6.45) is 3.43. The lowest BCUT2D eigenvalue weighted by atomic mass is 9.94. The number of aromatic nitrogens is 1. The summed E-state index contributed by atoms with van der Waals surface area (Å²) in [7, 11) is -3.67. The molecule has 3 rings (SSSR count). The van der Waals surface area contributed by atoms with E-state index < -0.39 is 16.3 Å². The molecule has 3 unspecified atom stereocenters. The number of β-amino-alcohol motifs (C(OH)–C–C–N with tert-alkyl or cyclic N) is 1. The second-order valence-electron chi connectivity index (χ2n) is 9.11. The Kier molecular flexibility index (Phi) is 7.89. The fourth-order valence-electron chi connectivity index (χ4n) is 3.99. The first kappa shape index (κ1) is 24.6. The first-order chi connectivity index (χ1) is 15.1. The van der Waals surface area contributed by atoms with E-state index >= 15 is 0 Å². The highest BCUT2D eigenvalue weighted by molar-refractivity contribution is 7.90. The van der Waals surface area contributed by atoms with Gasteiger partial charge in [-0.25, -0.2) is 0 Å². The number of aliphatic hydroxyl groups excluding tert-OH is 1. The smallest absolute Gasteiger partial charge is 0.302 e. The third kappa shape index (κ3) is 6.49. The van der Waals surface area contributed by atoms with Gasteiger partial charge in [-0.1, -0.05) is 18.2 Å². The summed E-state index contributed by atoms with van der Waals surface area (Å²) in [5.74, 6) is 0. The van der Waals surface area contributed by atoms with Gasteiger partial charge in [0.05, 0.1) is 19.3 Å². The van der Waals surface area contributed by atoms with Crippen molar-refractivity contribution in [3.63, 3.8) is 0 Å². The first-order valence-corrected chi connectivity index (χ1v) is 12.3. The molecule has 1 aliphatic rings. The molecular weight excluding hydrogens is 428 g/mol. The molecule has 0 aliphatic carbocycles. The van der Waals surface area contributed by atoms with Crippen LogP contribution in [0.4, 0.5) is 5.69 Å². The van der Waals surface area contributed by atoms with Gasteiger partial charge in [0.2, 0.25) is 0 Å². The second-order valence-corrected chi connectivity index (χ2v) is 10.7. The third-order valence-electron chi connectivity index (χ3n) is 5.55. The van der Waals surface area contributed by atoms with E-state index in [1.807, 2.05) is 32.0 Å². The second kappa shape index (κ2) is 10.3. The first-order valence-electron chi connectivity index (χ1n) is 10.9. The molecule has 1 fully saturated rings. The predicted octanol–water partition coefficient (Wildman–Crippen LogP) is 2.49. The average molecular weight is 463 g/mol. The molecule has 0 saturated carbocycles. The summed E-state index contributed by atoms with van der Waals surface area (Å²) >= 11 is 0. The van der Waals surface area contributed by atoms with Gasteiger partial charge < -0.3 is 15.2 Å². The molecule has 3 atom stereocenters. The van der Waals surface area contributed by atoms with Gasteiger partial charge in [0.15, 0.2) is 0 Å². The zero-order valence-corrected chi connectivity index (χ0v) is 20.0. The molecule has 1 aliphatic heterocycles. The number of rotatable bonds is 9. The van der Waals surface area contributed by atoms with Crippen molar-refractivity contribution in [1.29, 1.82) is 0 Å². The molecule has 9 heteroatoms. The number of nitrogens with one attached hydrogen (secondary N) is 2. The Balaban J connectivity index is 1.57. The van der Waals surface area contributed by atoms with Crippen molar-refractivity contribution in [1.82, 2.24) is 14.6 Å². The highest BCUT2D eigenvalue weighted by Gasteiger charge is 2.35. The Hall–Kier alpha value is -2.04. The highest BCUT2D eigenvalue weighted by Crippen LogP contribution is 2.22. The van der Waals surface area contributed by atoms with Gasteiger partial charge in [0.1, 0.15) is 0 Å². The molecule has 1 saturated heterocycles. The Bertz CT molecular complexity index is 957. The maximum atomic E-state index is 12.9. The molecule has 1 aromatic heterocycles. The van der Waals surface area contributed by atoms with Crippen LogP contribution in [-0.2, 0) is 21.4 Å². The number of benzene rings is 1. The van der Waals surface area contributed by atoms with E-state index in [1.165, 1.54) is 4.31 Å². The quantitative estimate of drug-likeness (QED) is 0.529. The van der Waals surface area contributed by atoms with Gasteiger partial charge >= 0.3 is 10.2 Å². The lowest BCUT2D eigenvalue weighted by Gasteiger charge is -2.37. The lowest BCUT2D eigenvalue weighted by Crippen LogP contribution is -2.54. The summed E-state index contributed by atoms with van der Waals surface area (Å²) < 4.78 is 35.3. The maximum absolute atomic E-state index is 12.9. The van der Waals surface area contributed by atoms with Gasteiger partial charge in [-0.3, -0.25) is 9.71 Å². The van der Waals surface area contributed by atoms with Crippen molar-refractivity contribution in [3.8, 4) is 0 Å². The van der Waals surface area contributed by atoms with E-state index in [9.17, 15) is 13.5 Å². The molecule has 2 aromatic rings. The molecule has 32 heavy (non-hydrogen) atoms. The van der Waals surface area contributed by atoms with Gasteiger partial charge in [-0.15, -0.1) is 0 Å². The normalized spacial score (nSPS) is 21.3. The number of ether oxygens (including phenoxy) is 1. The minimum Gasteiger partial charge on any atom is -0.387 e. The fraction of sp³-hybridized carbons (Fsp3) is 0.522. The number of anilines is 1. The van der Waals surface area contributed by atoms with E-state index in [2.05, 4.69) is 28.9 Å². The van der Waals surface area contributed by atoms with Crippen molar-refractivity contribution in [2.75, 3.05) is 24.5 Å². The van der Waals surface area contributed by atoms with Crippen LogP contribution in [0, 0.1) is 0 Å². The van der Waals surface area contributed by atoms with E-state index in [-0.39, 0.29) is 17.6 Å². The maximum Gasteiger partial charge on any atom is 0.302 e. The van der Waals surface area contributed by atoms with Crippen molar-refractivity contribution in [3.05, 3.63) is 59.9 Å². The van der Waals surface area contributed by atoms with Crippen molar-refractivity contribution in [2.45, 2.75) is 57.8 Å². The molecule has 3 N–H and O–H groups in total. The Morgan fingerprint density at radius 3 is 2.44 bits per heavy atom. The number of hydrogen-bond donors (Lipinski definition) is 3. The van der Waals surface area contributed by atoms with Gasteiger partial charge in [-0.05, 0) is 57.9 Å². The van der Waals surface area contributed by atoms with Crippen LogP contribution in [0.3, 0.4) is 0 Å². The monoisotopic (exact) mass is 462 g/mol. The predicted molar refractivity (Wildman–Crippen MR) is 126 cm³/mol. The van der Waals surface area contributed by atoms with Crippen LogP contribution in [0.5, 0.6) is 0 Å². The summed E-state index contributed by atoms with van der Waals surface area (Å²) in [6, 6.07) is 10.6. The summed E-state index contributed by atoms with van der Waals surface area (Å²) in [4.78, 5) is 4.04. The van der Waals surface area contributed by atoms with Crippen LogP contribution in [0.2, 0.25) is 0 Å². The van der Waals surface area contributed by atoms with E-state index in [1.54, 1.807) is 30.6 Å². The summed E-state index contributed by atoms with van der Waals surface area (Å²) in [5.41, 5.74) is 2.10. The van der Waals surface area contributed by atoms with E-state index in [0.717, 1.165) is 17.5 Å². The van der Waals surface area contributed by atoms with Crippen LogP contribution in [0.15, 0.2) is 48.8 Å². The number of pyridine rings is 1. The zero-order chi connectivity index (χ0) is 23.4. The summed E-state index contributed by atoms with van der Waals surface area (Å²) in [5, 5.41) is 13.8.